The zero-order chi connectivity index (χ0) is 13.3. The van der Waals surface area contributed by atoms with Gasteiger partial charge in [-0.15, -0.1) is 0 Å². The molecule has 0 unspecified atom stereocenters. The van der Waals surface area contributed by atoms with Gasteiger partial charge in [0.1, 0.15) is 5.75 Å². The minimum Gasteiger partial charge on any atom is -0.494 e. The number of nitrogens with one attached hydrogen (secondary N) is 1. The van der Waals surface area contributed by atoms with Gasteiger partial charge in [0, 0.05) is 13.1 Å². The maximum atomic E-state index is 5.68. The Hall–Kier alpha value is -1.06. The molecule has 0 saturated carbocycles. The Kier molecular flexibility index (Phi) is 6.18. The van der Waals surface area contributed by atoms with Gasteiger partial charge in [-0.2, -0.15) is 0 Å². The molecule has 1 aromatic carbocycles. The van der Waals surface area contributed by atoms with Crippen molar-refractivity contribution in [2.24, 2.45) is 0 Å². The first-order valence-corrected chi connectivity index (χ1v) is 7.54. The molecular formula is C16H26N2O. The molecule has 1 heterocycles. The highest BCUT2D eigenvalue weighted by molar-refractivity contribution is 5.33. The molecule has 19 heavy (non-hydrogen) atoms. The fourth-order valence-corrected chi connectivity index (χ4v) is 2.63. The van der Waals surface area contributed by atoms with E-state index in [1.165, 1.54) is 44.6 Å². The van der Waals surface area contributed by atoms with E-state index < -0.39 is 0 Å². The van der Waals surface area contributed by atoms with Gasteiger partial charge in [0.05, 0.1) is 6.61 Å². The van der Waals surface area contributed by atoms with Crippen LogP contribution >= 0.6 is 0 Å². The van der Waals surface area contributed by atoms with Crippen molar-refractivity contribution < 1.29 is 4.74 Å². The monoisotopic (exact) mass is 262 g/mol. The lowest BCUT2D eigenvalue weighted by atomic mass is 10.1. The first kappa shape index (κ1) is 14.4. The van der Waals surface area contributed by atoms with Crippen LogP contribution in [0.2, 0.25) is 0 Å². The van der Waals surface area contributed by atoms with E-state index in [0.29, 0.717) is 0 Å². The number of ether oxygens (including phenoxy) is 1. The van der Waals surface area contributed by atoms with Crippen LogP contribution in [0.1, 0.15) is 25.3 Å². The Labute approximate surface area is 116 Å². The fraction of sp³-hybridized carbons (Fsp3) is 0.625. The number of rotatable bonds is 6. The zero-order valence-corrected chi connectivity index (χ0v) is 12.0. The van der Waals surface area contributed by atoms with Crippen molar-refractivity contribution in [3.63, 3.8) is 0 Å². The van der Waals surface area contributed by atoms with Crippen molar-refractivity contribution in [1.82, 2.24) is 10.2 Å². The summed E-state index contributed by atoms with van der Waals surface area (Å²) in [6, 6.07) is 8.42. The highest BCUT2D eigenvalue weighted by Crippen LogP contribution is 2.19. The van der Waals surface area contributed by atoms with Gasteiger partial charge in [-0.1, -0.05) is 18.2 Å². The van der Waals surface area contributed by atoms with Crippen LogP contribution in [-0.4, -0.2) is 44.2 Å². The number of benzene rings is 1. The van der Waals surface area contributed by atoms with Gasteiger partial charge >= 0.3 is 0 Å². The van der Waals surface area contributed by atoms with Gasteiger partial charge in [0.25, 0.3) is 0 Å². The summed E-state index contributed by atoms with van der Waals surface area (Å²) in [6.45, 7) is 8.71. The van der Waals surface area contributed by atoms with Crippen molar-refractivity contribution in [3.8, 4) is 5.75 Å². The van der Waals surface area contributed by atoms with Gasteiger partial charge in [-0.3, -0.25) is 0 Å². The molecule has 0 radical (unpaired) electrons. The molecule has 0 spiro atoms. The van der Waals surface area contributed by atoms with E-state index in [0.717, 1.165) is 25.3 Å². The molecule has 0 bridgehead atoms. The average Bonchev–Trinajstić information content (AvgIpc) is 2.70. The van der Waals surface area contributed by atoms with E-state index in [4.69, 9.17) is 4.74 Å². The maximum Gasteiger partial charge on any atom is 0.122 e. The molecule has 1 aromatic rings. The zero-order valence-electron chi connectivity index (χ0n) is 12.0. The highest BCUT2D eigenvalue weighted by atomic mass is 16.5. The van der Waals surface area contributed by atoms with Gasteiger partial charge < -0.3 is 15.0 Å². The predicted molar refractivity (Wildman–Crippen MR) is 79.9 cm³/mol. The van der Waals surface area contributed by atoms with Crippen LogP contribution in [0.5, 0.6) is 5.75 Å². The topological polar surface area (TPSA) is 24.5 Å². The summed E-state index contributed by atoms with van der Waals surface area (Å²) in [5, 5.41) is 3.45. The normalized spacial score (nSPS) is 17.1. The van der Waals surface area contributed by atoms with Crippen molar-refractivity contribution in [3.05, 3.63) is 29.8 Å². The number of hydrogen-bond donors (Lipinski definition) is 1. The van der Waals surface area contributed by atoms with Crippen LogP contribution in [0, 0.1) is 0 Å². The van der Waals surface area contributed by atoms with E-state index in [1.807, 2.05) is 6.92 Å². The molecule has 1 N–H and O–H groups in total. The molecule has 3 heteroatoms. The van der Waals surface area contributed by atoms with E-state index in [2.05, 4.69) is 34.5 Å². The second kappa shape index (κ2) is 8.18. The molecule has 0 aliphatic carbocycles. The molecule has 0 aromatic heterocycles. The number of aryl methyl sites for hydroxylation is 1. The molecule has 1 saturated heterocycles. The number of hydrogen-bond acceptors (Lipinski definition) is 3. The standard InChI is InChI=1S/C16H26N2O/c1-2-19-16-9-4-3-7-15(16)8-5-12-18-13-6-10-17-11-14-18/h3-4,7,9,17H,2,5-6,8,10-14H2,1H3. The smallest absolute Gasteiger partial charge is 0.122 e. The quantitative estimate of drug-likeness (QED) is 0.851. The van der Waals surface area contributed by atoms with Crippen LogP contribution < -0.4 is 10.1 Å². The Morgan fingerprint density at radius 2 is 2.11 bits per heavy atom. The highest BCUT2D eigenvalue weighted by Gasteiger charge is 2.08. The molecule has 106 valence electrons. The van der Waals surface area contributed by atoms with Crippen LogP contribution in [0.4, 0.5) is 0 Å². The van der Waals surface area contributed by atoms with Crippen LogP contribution in [-0.2, 0) is 6.42 Å². The predicted octanol–water partition coefficient (Wildman–Crippen LogP) is 2.31. The van der Waals surface area contributed by atoms with Crippen LogP contribution in [0.25, 0.3) is 0 Å². The second-order valence-corrected chi connectivity index (χ2v) is 5.09. The summed E-state index contributed by atoms with van der Waals surface area (Å²) in [6.07, 6.45) is 3.60. The molecule has 1 aliphatic heterocycles. The first-order valence-electron chi connectivity index (χ1n) is 7.54. The SMILES string of the molecule is CCOc1ccccc1CCCN1CCCNCC1. The third-order valence-corrected chi connectivity index (χ3v) is 3.63. The molecule has 1 fully saturated rings. The third kappa shape index (κ3) is 4.84. The minimum atomic E-state index is 0.745. The maximum absolute atomic E-state index is 5.68. The van der Waals surface area contributed by atoms with Crippen LogP contribution in [0.15, 0.2) is 24.3 Å². The first-order chi connectivity index (χ1) is 9.40. The summed E-state index contributed by atoms with van der Waals surface area (Å²) < 4.78 is 5.68. The lowest BCUT2D eigenvalue weighted by Gasteiger charge is -2.19. The van der Waals surface area contributed by atoms with Crippen molar-refractivity contribution >= 4 is 0 Å². The van der Waals surface area contributed by atoms with Gasteiger partial charge in [0.15, 0.2) is 0 Å². The average molecular weight is 262 g/mol. The summed E-state index contributed by atoms with van der Waals surface area (Å²) in [5.41, 5.74) is 1.34. The molecule has 3 nitrogen and oxygen atoms in total. The molecule has 0 amide bonds. The number of para-hydroxylation sites is 1. The van der Waals surface area contributed by atoms with E-state index in [-0.39, 0.29) is 0 Å². The van der Waals surface area contributed by atoms with Crippen LogP contribution in [0.3, 0.4) is 0 Å². The van der Waals surface area contributed by atoms with E-state index in [1.54, 1.807) is 0 Å². The summed E-state index contributed by atoms with van der Waals surface area (Å²) in [4.78, 5) is 2.57. The third-order valence-electron chi connectivity index (χ3n) is 3.63. The number of nitrogens with zero attached hydrogens (tertiary/aromatic N) is 1. The van der Waals surface area contributed by atoms with E-state index in [9.17, 15) is 0 Å². The van der Waals surface area contributed by atoms with Gasteiger partial charge in [0.2, 0.25) is 0 Å². The summed E-state index contributed by atoms with van der Waals surface area (Å²) >= 11 is 0. The minimum absolute atomic E-state index is 0.745. The van der Waals surface area contributed by atoms with Crippen molar-refractivity contribution in [1.29, 1.82) is 0 Å². The summed E-state index contributed by atoms with van der Waals surface area (Å²) in [5.74, 6) is 1.06. The lowest BCUT2D eigenvalue weighted by molar-refractivity contribution is 0.287. The molecule has 2 rings (SSSR count). The second-order valence-electron chi connectivity index (χ2n) is 5.09. The fourth-order valence-electron chi connectivity index (χ4n) is 2.63. The van der Waals surface area contributed by atoms with Crippen molar-refractivity contribution in [2.45, 2.75) is 26.2 Å². The Bertz CT molecular complexity index is 360. The van der Waals surface area contributed by atoms with Gasteiger partial charge in [-0.25, -0.2) is 0 Å². The largest absolute Gasteiger partial charge is 0.494 e. The Morgan fingerprint density at radius 1 is 1.21 bits per heavy atom. The van der Waals surface area contributed by atoms with E-state index >= 15 is 0 Å². The Morgan fingerprint density at radius 3 is 3.00 bits per heavy atom. The molecule has 0 atom stereocenters. The Balaban J connectivity index is 1.78. The van der Waals surface area contributed by atoms with Gasteiger partial charge in [-0.05, 0) is 57.5 Å². The lowest BCUT2D eigenvalue weighted by Crippen LogP contribution is -2.29. The summed E-state index contributed by atoms with van der Waals surface area (Å²) in [7, 11) is 0. The molecule has 1 aliphatic rings. The van der Waals surface area contributed by atoms with Crippen molar-refractivity contribution in [2.75, 3.05) is 39.3 Å². The molecular weight excluding hydrogens is 236 g/mol.